The van der Waals surface area contributed by atoms with Gasteiger partial charge in [0.1, 0.15) is 0 Å². The summed E-state index contributed by atoms with van der Waals surface area (Å²) in [4.78, 5) is 2.14. The largest absolute Gasteiger partial charge is 0.416 e. The molecule has 0 bridgehead atoms. The number of nitrogens with zero attached hydrogens (tertiary/aromatic N) is 1. The highest BCUT2D eigenvalue weighted by Crippen LogP contribution is 2.35. The van der Waals surface area contributed by atoms with Crippen molar-refractivity contribution in [2.24, 2.45) is 0 Å². The molecule has 8 heteroatoms. The van der Waals surface area contributed by atoms with Crippen molar-refractivity contribution in [3.63, 3.8) is 0 Å². The van der Waals surface area contributed by atoms with Crippen LogP contribution < -0.4 is 5.32 Å². The first-order chi connectivity index (χ1) is 8.89. The van der Waals surface area contributed by atoms with Crippen molar-refractivity contribution < 1.29 is 13.2 Å². The lowest BCUT2D eigenvalue weighted by molar-refractivity contribution is -0.137. The van der Waals surface area contributed by atoms with Gasteiger partial charge in [-0.15, -0.1) is 24.8 Å². The molecule has 122 valence electrons. The molecule has 0 aliphatic carbocycles. The quantitative estimate of drug-likeness (QED) is 0.846. The Bertz CT molecular complexity index is 449. The number of benzene rings is 1. The van der Waals surface area contributed by atoms with Gasteiger partial charge >= 0.3 is 6.18 Å². The molecule has 0 unspecified atom stereocenters. The van der Waals surface area contributed by atoms with E-state index in [1.165, 1.54) is 6.07 Å². The number of nitrogens with one attached hydrogen (secondary N) is 1. The highest BCUT2D eigenvalue weighted by atomic mass is 35.5. The van der Waals surface area contributed by atoms with Gasteiger partial charge in [0.05, 0.1) is 5.56 Å². The molecule has 1 saturated heterocycles. The Morgan fingerprint density at radius 3 is 2.29 bits per heavy atom. The molecule has 1 fully saturated rings. The zero-order chi connectivity index (χ0) is 14.0. The Balaban J connectivity index is 0.00000200. The van der Waals surface area contributed by atoms with E-state index in [-0.39, 0.29) is 30.9 Å². The Morgan fingerprint density at radius 2 is 1.76 bits per heavy atom. The van der Waals surface area contributed by atoms with Crippen molar-refractivity contribution in [2.45, 2.75) is 19.1 Å². The standard InChI is InChI=1S/C13H16ClF3N2.2ClH/c1-9(19-6-4-18-5-7-19)11-8-10(13(15,16)17)2-3-12(11)14;;/h2-3,8-9,18H,4-7H2,1H3;2*1H/t9-;;/m1../s1. The summed E-state index contributed by atoms with van der Waals surface area (Å²) < 4.78 is 38.2. The lowest BCUT2D eigenvalue weighted by atomic mass is 10.0. The summed E-state index contributed by atoms with van der Waals surface area (Å²) in [5, 5.41) is 3.60. The fraction of sp³-hybridized carbons (Fsp3) is 0.538. The Labute approximate surface area is 139 Å². The minimum absolute atomic E-state index is 0. The van der Waals surface area contributed by atoms with Crippen LogP contribution in [0.2, 0.25) is 5.02 Å². The molecule has 1 atom stereocenters. The molecule has 0 amide bonds. The average molecular weight is 366 g/mol. The number of alkyl halides is 3. The molecule has 0 aromatic heterocycles. The highest BCUT2D eigenvalue weighted by Gasteiger charge is 2.32. The highest BCUT2D eigenvalue weighted by molar-refractivity contribution is 6.31. The summed E-state index contributed by atoms with van der Waals surface area (Å²) >= 11 is 6.05. The lowest BCUT2D eigenvalue weighted by Gasteiger charge is -2.33. The average Bonchev–Trinajstić information content (AvgIpc) is 2.38. The minimum Gasteiger partial charge on any atom is -0.314 e. The molecule has 1 aromatic carbocycles. The molecule has 2 rings (SSSR count). The van der Waals surface area contributed by atoms with Crippen LogP contribution in [0.4, 0.5) is 13.2 Å². The summed E-state index contributed by atoms with van der Waals surface area (Å²) in [6.45, 7) is 5.22. The predicted octanol–water partition coefficient (Wildman–Crippen LogP) is 4.17. The maximum atomic E-state index is 12.7. The van der Waals surface area contributed by atoms with E-state index in [0.29, 0.717) is 10.6 Å². The first kappa shape index (κ1) is 20.8. The van der Waals surface area contributed by atoms with Gasteiger partial charge in [-0.25, -0.2) is 0 Å². The van der Waals surface area contributed by atoms with Crippen molar-refractivity contribution in [2.75, 3.05) is 26.2 Å². The van der Waals surface area contributed by atoms with E-state index in [4.69, 9.17) is 11.6 Å². The maximum absolute atomic E-state index is 12.7. The van der Waals surface area contributed by atoms with Gasteiger partial charge in [-0.1, -0.05) is 11.6 Å². The Morgan fingerprint density at radius 1 is 1.19 bits per heavy atom. The molecule has 0 spiro atoms. The fourth-order valence-electron chi connectivity index (χ4n) is 2.31. The van der Waals surface area contributed by atoms with Crippen LogP contribution in [0.1, 0.15) is 24.1 Å². The zero-order valence-electron chi connectivity index (χ0n) is 11.4. The number of hydrogen-bond acceptors (Lipinski definition) is 2. The third-order valence-electron chi connectivity index (χ3n) is 3.47. The van der Waals surface area contributed by atoms with E-state index < -0.39 is 11.7 Å². The first-order valence-electron chi connectivity index (χ1n) is 6.21. The summed E-state index contributed by atoms with van der Waals surface area (Å²) in [7, 11) is 0. The maximum Gasteiger partial charge on any atom is 0.416 e. The van der Waals surface area contributed by atoms with Crippen molar-refractivity contribution in [1.29, 1.82) is 0 Å². The Kier molecular flexibility index (Phi) is 8.36. The van der Waals surface area contributed by atoms with Crippen LogP contribution in [-0.2, 0) is 6.18 Å². The van der Waals surface area contributed by atoms with Gasteiger partial charge in [0.15, 0.2) is 0 Å². The van der Waals surface area contributed by atoms with Crippen LogP contribution in [-0.4, -0.2) is 31.1 Å². The van der Waals surface area contributed by atoms with E-state index in [9.17, 15) is 13.2 Å². The number of piperazine rings is 1. The molecule has 1 aliphatic rings. The molecule has 0 radical (unpaired) electrons. The number of rotatable bonds is 2. The van der Waals surface area contributed by atoms with Crippen LogP contribution >= 0.6 is 36.4 Å². The van der Waals surface area contributed by atoms with Gasteiger partial charge in [0.2, 0.25) is 0 Å². The molecule has 1 heterocycles. The zero-order valence-corrected chi connectivity index (χ0v) is 13.8. The lowest BCUT2D eigenvalue weighted by Crippen LogP contribution is -2.44. The molecule has 0 saturated carbocycles. The van der Waals surface area contributed by atoms with E-state index in [1.807, 2.05) is 6.92 Å². The second-order valence-electron chi connectivity index (χ2n) is 4.70. The second kappa shape index (κ2) is 8.44. The van der Waals surface area contributed by atoms with Gasteiger partial charge < -0.3 is 5.32 Å². The first-order valence-corrected chi connectivity index (χ1v) is 6.59. The van der Waals surface area contributed by atoms with Gasteiger partial charge in [-0.3, -0.25) is 4.90 Å². The minimum atomic E-state index is -4.33. The molecular formula is C13H18Cl3F3N2. The smallest absolute Gasteiger partial charge is 0.314 e. The van der Waals surface area contributed by atoms with Crippen LogP contribution in [0, 0.1) is 0 Å². The van der Waals surface area contributed by atoms with Crippen molar-refractivity contribution >= 4 is 36.4 Å². The van der Waals surface area contributed by atoms with Gasteiger partial charge in [0.25, 0.3) is 0 Å². The van der Waals surface area contributed by atoms with Crippen LogP contribution in [0.25, 0.3) is 0 Å². The van der Waals surface area contributed by atoms with Gasteiger partial charge in [0, 0.05) is 37.2 Å². The van der Waals surface area contributed by atoms with Crippen molar-refractivity contribution in [3.8, 4) is 0 Å². The normalized spacial score (nSPS) is 17.6. The SMILES string of the molecule is C[C@H](c1cc(C(F)(F)F)ccc1Cl)N1CCNCC1.Cl.Cl. The summed E-state index contributed by atoms with van der Waals surface area (Å²) in [6.07, 6.45) is -4.33. The topological polar surface area (TPSA) is 15.3 Å². The monoisotopic (exact) mass is 364 g/mol. The van der Waals surface area contributed by atoms with Crippen LogP contribution in [0.15, 0.2) is 18.2 Å². The van der Waals surface area contributed by atoms with E-state index in [1.54, 1.807) is 0 Å². The fourth-order valence-corrected chi connectivity index (χ4v) is 2.58. The van der Waals surface area contributed by atoms with E-state index >= 15 is 0 Å². The number of halogens is 6. The Hall–Kier alpha value is -0.200. The molecule has 1 N–H and O–H groups in total. The molecular weight excluding hydrogens is 348 g/mol. The summed E-state index contributed by atoms with van der Waals surface area (Å²) in [5.41, 5.74) is -0.104. The molecule has 1 aliphatic heterocycles. The molecule has 21 heavy (non-hydrogen) atoms. The molecule has 2 nitrogen and oxygen atoms in total. The van der Waals surface area contributed by atoms with Gasteiger partial charge in [-0.05, 0) is 30.7 Å². The predicted molar refractivity (Wildman–Crippen MR) is 83.8 cm³/mol. The second-order valence-corrected chi connectivity index (χ2v) is 5.10. The third kappa shape index (κ3) is 5.18. The van der Waals surface area contributed by atoms with Crippen LogP contribution in [0.5, 0.6) is 0 Å². The third-order valence-corrected chi connectivity index (χ3v) is 3.82. The summed E-state index contributed by atoms with van der Waals surface area (Å²) in [6, 6.07) is 3.40. The van der Waals surface area contributed by atoms with E-state index in [0.717, 1.165) is 38.3 Å². The van der Waals surface area contributed by atoms with Crippen molar-refractivity contribution in [1.82, 2.24) is 10.2 Å². The summed E-state index contributed by atoms with van der Waals surface area (Å²) in [5.74, 6) is 0. The number of hydrogen-bond donors (Lipinski definition) is 1. The van der Waals surface area contributed by atoms with E-state index in [2.05, 4.69) is 10.2 Å². The van der Waals surface area contributed by atoms with Crippen LogP contribution in [0.3, 0.4) is 0 Å². The van der Waals surface area contributed by atoms with Crippen molar-refractivity contribution in [3.05, 3.63) is 34.3 Å². The molecule has 1 aromatic rings. The van der Waals surface area contributed by atoms with Gasteiger partial charge in [-0.2, -0.15) is 13.2 Å².